The lowest BCUT2D eigenvalue weighted by Crippen LogP contribution is -2.10. The first-order valence-electron chi connectivity index (χ1n) is 7.34. The second kappa shape index (κ2) is 6.88. The number of hydrogen-bond acceptors (Lipinski definition) is 4. The van der Waals surface area contributed by atoms with Crippen LogP contribution in [0.25, 0.3) is 11.3 Å². The Morgan fingerprint density at radius 1 is 1.17 bits per heavy atom. The average Bonchev–Trinajstić information content (AvgIpc) is 2.57. The molecule has 5 nitrogen and oxygen atoms in total. The van der Waals surface area contributed by atoms with E-state index < -0.39 is 0 Å². The zero-order chi connectivity index (χ0) is 17.1. The van der Waals surface area contributed by atoms with Gasteiger partial charge in [0.15, 0.2) is 0 Å². The Balaban J connectivity index is 1.98. The van der Waals surface area contributed by atoms with E-state index in [1.54, 1.807) is 7.11 Å². The summed E-state index contributed by atoms with van der Waals surface area (Å²) in [6, 6.07) is 14.8. The maximum absolute atomic E-state index is 12.0. The number of aromatic nitrogens is 2. The number of ether oxygens (including phenoxy) is 1. The Morgan fingerprint density at radius 3 is 2.75 bits per heavy atom. The summed E-state index contributed by atoms with van der Waals surface area (Å²) in [4.78, 5) is 19.2. The second-order valence-electron chi connectivity index (χ2n) is 5.32. The zero-order valence-corrected chi connectivity index (χ0v) is 14.8. The number of benzene rings is 2. The minimum absolute atomic E-state index is 0.228. The quantitative estimate of drug-likeness (QED) is 0.703. The van der Waals surface area contributed by atoms with Crippen LogP contribution < -0.4 is 15.6 Å². The molecule has 1 heterocycles. The van der Waals surface area contributed by atoms with Gasteiger partial charge >= 0.3 is 0 Å². The lowest BCUT2D eigenvalue weighted by molar-refractivity contribution is 0.415. The van der Waals surface area contributed by atoms with Gasteiger partial charge in [-0.1, -0.05) is 18.2 Å². The molecule has 0 atom stereocenters. The van der Waals surface area contributed by atoms with Gasteiger partial charge in [0.25, 0.3) is 5.56 Å². The summed E-state index contributed by atoms with van der Waals surface area (Å²) in [6.45, 7) is 2.01. The summed E-state index contributed by atoms with van der Waals surface area (Å²) in [5, 5.41) is 3.13. The fourth-order valence-corrected chi connectivity index (χ4v) is 2.89. The van der Waals surface area contributed by atoms with E-state index in [-0.39, 0.29) is 5.56 Å². The first kappa shape index (κ1) is 16.3. The predicted octanol–water partition coefficient (Wildman–Crippen LogP) is 4.26. The molecular weight excluding hydrogens is 370 g/mol. The first-order chi connectivity index (χ1) is 11.5. The van der Waals surface area contributed by atoms with Crippen molar-refractivity contribution in [2.75, 3.05) is 12.4 Å². The first-order valence-corrected chi connectivity index (χ1v) is 8.13. The molecule has 0 unspecified atom stereocenters. The highest BCUT2D eigenvalue weighted by atomic mass is 79.9. The summed E-state index contributed by atoms with van der Waals surface area (Å²) >= 11 is 3.51. The smallest absolute Gasteiger partial charge is 0.252 e. The van der Waals surface area contributed by atoms with E-state index in [9.17, 15) is 4.79 Å². The van der Waals surface area contributed by atoms with E-state index in [0.29, 0.717) is 17.4 Å². The number of aryl methyl sites for hydroxylation is 1. The largest absolute Gasteiger partial charge is 0.497 e. The number of nitrogens with one attached hydrogen (secondary N) is 2. The maximum atomic E-state index is 12.0. The fourth-order valence-electron chi connectivity index (χ4n) is 2.30. The van der Waals surface area contributed by atoms with E-state index in [2.05, 4.69) is 31.2 Å². The van der Waals surface area contributed by atoms with Gasteiger partial charge in [0, 0.05) is 16.1 Å². The average molecular weight is 386 g/mol. The zero-order valence-electron chi connectivity index (χ0n) is 13.3. The number of halogens is 1. The third kappa shape index (κ3) is 3.65. The van der Waals surface area contributed by atoms with Crippen molar-refractivity contribution < 1.29 is 4.74 Å². The summed E-state index contributed by atoms with van der Waals surface area (Å²) in [7, 11) is 1.60. The van der Waals surface area contributed by atoms with Crippen molar-refractivity contribution in [2.45, 2.75) is 6.92 Å². The molecule has 1 aromatic heterocycles. The molecule has 0 aliphatic carbocycles. The molecule has 0 radical (unpaired) electrons. The number of methoxy groups -OCH3 is 1. The molecule has 0 aliphatic heterocycles. The number of anilines is 2. The molecule has 3 aromatic rings. The Bertz CT molecular complexity index is 938. The maximum Gasteiger partial charge on any atom is 0.252 e. The van der Waals surface area contributed by atoms with Crippen molar-refractivity contribution in [2.24, 2.45) is 0 Å². The van der Waals surface area contributed by atoms with Crippen LogP contribution in [-0.4, -0.2) is 17.1 Å². The van der Waals surface area contributed by atoms with E-state index in [1.165, 1.54) is 6.07 Å². The minimum atomic E-state index is -0.228. The summed E-state index contributed by atoms with van der Waals surface area (Å²) in [5.41, 5.74) is 3.12. The standard InChI is InChI=1S/C18H16BrN3O2/c1-11-6-7-15(14(19)8-11)20-18-21-16(10-17(23)22-18)12-4-3-5-13(9-12)24-2/h3-10H,1-2H3,(H2,20,21,22,23). The molecule has 6 heteroatoms. The van der Waals surface area contributed by atoms with Gasteiger partial charge in [0.2, 0.25) is 5.95 Å². The molecule has 2 N–H and O–H groups in total. The predicted molar refractivity (Wildman–Crippen MR) is 99.0 cm³/mol. The Labute approximate surface area is 147 Å². The van der Waals surface area contributed by atoms with E-state index in [1.807, 2.05) is 49.4 Å². The molecule has 0 bridgehead atoms. The normalized spacial score (nSPS) is 10.5. The van der Waals surface area contributed by atoms with Crippen LogP contribution in [0.2, 0.25) is 0 Å². The number of rotatable bonds is 4. The highest BCUT2D eigenvalue weighted by Crippen LogP contribution is 2.26. The summed E-state index contributed by atoms with van der Waals surface area (Å²) < 4.78 is 6.12. The highest BCUT2D eigenvalue weighted by molar-refractivity contribution is 9.10. The minimum Gasteiger partial charge on any atom is -0.497 e. The van der Waals surface area contributed by atoms with Crippen molar-refractivity contribution in [3.63, 3.8) is 0 Å². The molecule has 0 aliphatic rings. The topological polar surface area (TPSA) is 67.0 Å². The lowest BCUT2D eigenvalue weighted by Gasteiger charge is -2.10. The van der Waals surface area contributed by atoms with Gasteiger partial charge < -0.3 is 10.1 Å². The van der Waals surface area contributed by atoms with Gasteiger partial charge in [-0.05, 0) is 52.7 Å². The molecule has 2 aromatic carbocycles. The Morgan fingerprint density at radius 2 is 2.00 bits per heavy atom. The Kier molecular flexibility index (Phi) is 4.66. The van der Waals surface area contributed by atoms with Crippen LogP contribution in [0.5, 0.6) is 5.75 Å². The second-order valence-corrected chi connectivity index (χ2v) is 6.17. The highest BCUT2D eigenvalue weighted by Gasteiger charge is 2.07. The van der Waals surface area contributed by atoms with E-state index in [4.69, 9.17) is 4.74 Å². The van der Waals surface area contributed by atoms with Crippen molar-refractivity contribution in [3.8, 4) is 17.0 Å². The SMILES string of the molecule is COc1cccc(-c2cc(=O)[nH]c(Nc3ccc(C)cc3Br)n2)c1. The van der Waals surface area contributed by atoms with Gasteiger partial charge in [-0.2, -0.15) is 0 Å². The molecule has 0 spiro atoms. The van der Waals surface area contributed by atoms with Gasteiger partial charge in [0.05, 0.1) is 18.5 Å². The van der Waals surface area contributed by atoms with E-state index in [0.717, 1.165) is 21.3 Å². The third-order valence-electron chi connectivity index (χ3n) is 3.48. The number of aromatic amines is 1. The van der Waals surface area contributed by atoms with Crippen LogP contribution in [0.3, 0.4) is 0 Å². The van der Waals surface area contributed by atoms with Crippen molar-refractivity contribution >= 4 is 27.6 Å². The van der Waals surface area contributed by atoms with Crippen molar-refractivity contribution in [1.82, 2.24) is 9.97 Å². The number of H-pyrrole nitrogens is 1. The van der Waals surface area contributed by atoms with E-state index >= 15 is 0 Å². The molecule has 0 amide bonds. The molecule has 24 heavy (non-hydrogen) atoms. The van der Waals surface area contributed by atoms with Crippen LogP contribution >= 0.6 is 15.9 Å². The van der Waals surface area contributed by atoms with Crippen LogP contribution in [0, 0.1) is 6.92 Å². The van der Waals surface area contributed by atoms with Gasteiger partial charge in [-0.15, -0.1) is 0 Å². The van der Waals surface area contributed by atoms with Crippen LogP contribution in [0.1, 0.15) is 5.56 Å². The number of hydrogen-bond donors (Lipinski definition) is 2. The van der Waals surface area contributed by atoms with Crippen molar-refractivity contribution in [1.29, 1.82) is 0 Å². The van der Waals surface area contributed by atoms with Gasteiger partial charge in [0.1, 0.15) is 5.75 Å². The third-order valence-corrected chi connectivity index (χ3v) is 4.14. The molecule has 0 fully saturated rings. The van der Waals surface area contributed by atoms with Crippen LogP contribution in [0.15, 0.2) is 57.8 Å². The Hall–Kier alpha value is -2.60. The molecular formula is C18H16BrN3O2. The summed E-state index contributed by atoms with van der Waals surface area (Å²) in [6.07, 6.45) is 0. The van der Waals surface area contributed by atoms with Crippen LogP contribution in [0.4, 0.5) is 11.6 Å². The van der Waals surface area contributed by atoms with Crippen LogP contribution in [-0.2, 0) is 0 Å². The monoisotopic (exact) mass is 385 g/mol. The molecule has 3 rings (SSSR count). The molecule has 0 saturated heterocycles. The van der Waals surface area contributed by atoms with Crippen molar-refractivity contribution in [3.05, 3.63) is 68.9 Å². The number of nitrogens with zero attached hydrogens (tertiary/aromatic N) is 1. The van der Waals surface area contributed by atoms with Gasteiger partial charge in [-0.3, -0.25) is 9.78 Å². The summed E-state index contributed by atoms with van der Waals surface area (Å²) in [5.74, 6) is 1.09. The lowest BCUT2D eigenvalue weighted by atomic mass is 10.1. The molecule has 122 valence electrons. The molecule has 0 saturated carbocycles. The van der Waals surface area contributed by atoms with Gasteiger partial charge in [-0.25, -0.2) is 4.98 Å². The fraction of sp³-hybridized carbons (Fsp3) is 0.111.